The molecule has 1 amide bonds. The van der Waals surface area contributed by atoms with Gasteiger partial charge in [-0.3, -0.25) is 14.9 Å². The molecule has 5 aromatic heterocycles. The number of aromatic amines is 1. The zero-order valence-corrected chi connectivity index (χ0v) is 23.6. The zero-order valence-electron chi connectivity index (χ0n) is 23.6. The van der Waals surface area contributed by atoms with E-state index in [4.69, 9.17) is 9.72 Å². The van der Waals surface area contributed by atoms with Gasteiger partial charge in [-0.2, -0.15) is 10.2 Å². The fraction of sp³-hybridized carbons (Fsp3) is 0.333. The molecular weight excluding hydrogens is 537 g/mol. The van der Waals surface area contributed by atoms with Crippen LogP contribution in [0, 0.1) is 12.7 Å². The Labute approximate surface area is 241 Å². The van der Waals surface area contributed by atoms with Gasteiger partial charge < -0.3 is 15.4 Å². The summed E-state index contributed by atoms with van der Waals surface area (Å²) in [6, 6.07) is 9.19. The summed E-state index contributed by atoms with van der Waals surface area (Å²) in [5.74, 6) is 1.45. The summed E-state index contributed by atoms with van der Waals surface area (Å²) >= 11 is 0. The number of rotatable bonds is 8. The summed E-state index contributed by atoms with van der Waals surface area (Å²) in [5.41, 5.74) is 1.79. The average molecular weight is 570 g/mol. The van der Waals surface area contributed by atoms with Gasteiger partial charge in [-0.15, -0.1) is 0 Å². The Morgan fingerprint density at radius 2 is 2.00 bits per heavy atom. The lowest BCUT2D eigenvalue weighted by Crippen LogP contribution is -2.50. The third-order valence-corrected chi connectivity index (χ3v) is 8.01. The molecule has 0 spiro atoms. The smallest absolute Gasteiger partial charge is 0.252 e. The number of carbonyl (C=O) groups is 1. The van der Waals surface area contributed by atoms with Crippen molar-refractivity contribution in [1.82, 2.24) is 40.2 Å². The number of aromatic nitrogens is 7. The van der Waals surface area contributed by atoms with Crippen molar-refractivity contribution in [3.63, 3.8) is 0 Å². The number of H-pyrrole nitrogens is 1. The second kappa shape index (κ2) is 11.3. The van der Waals surface area contributed by atoms with Gasteiger partial charge in [0, 0.05) is 48.8 Å². The van der Waals surface area contributed by atoms with Gasteiger partial charge in [0.05, 0.1) is 24.1 Å². The monoisotopic (exact) mass is 569 g/mol. The topological polar surface area (TPSA) is 136 Å². The molecule has 3 N–H and O–H groups in total. The normalized spacial score (nSPS) is 19.5. The lowest BCUT2D eigenvalue weighted by Gasteiger charge is -2.38. The Balaban J connectivity index is 1.16. The number of ether oxygens (including phenoxy) is 1. The molecule has 1 aliphatic carbocycles. The van der Waals surface area contributed by atoms with Crippen molar-refractivity contribution in [3.8, 4) is 5.82 Å². The lowest BCUT2D eigenvalue weighted by molar-refractivity contribution is -0.148. The third kappa shape index (κ3) is 5.45. The van der Waals surface area contributed by atoms with E-state index in [1.54, 1.807) is 25.6 Å². The molecule has 6 rings (SSSR count). The number of nitrogens with zero attached hydrogens (tertiary/aromatic N) is 6. The number of hydrogen-bond donors (Lipinski definition) is 3. The molecule has 5 aromatic rings. The maximum absolute atomic E-state index is 13.6. The van der Waals surface area contributed by atoms with Gasteiger partial charge >= 0.3 is 0 Å². The summed E-state index contributed by atoms with van der Waals surface area (Å²) in [6.45, 7) is 3.85. The van der Waals surface area contributed by atoms with Gasteiger partial charge in [0.25, 0.3) is 5.91 Å². The molecule has 1 saturated carbocycles. The van der Waals surface area contributed by atoms with Crippen molar-refractivity contribution in [1.29, 1.82) is 0 Å². The van der Waals surface area contributed by atoms with E-state index in [9.17, 15) is 9.18 Å². The maximum atomic E-state index is 13.6. The maximum Gasteiger partial charge on any atom is 0.252 e. The second-order valence-electron chi connectivity index (χ2n) is 10.8. The van der Waals surface area contributed by atoms with Crippen molar-refractivity contribution in [2.24, 2.45) is 0 Å². The summed E-state index contributed by atoms with van der Waals surface area (Å²) in [6.07, 6.45) is 10.2. The highest BCUT2D eigenvalue weighted by Crippen LogP contribution is 2.42. The first-order chi connectivity index (χ1) is 20.3. The van der Waals surface area contributed by atoms with Crippen LogP contribution in [0.2, 0.25) is 0 Å². The molecule has 1 atom stereocenters. The fourth-order valence-electron chi connectivity index (χ4n) is 5.61. The standard InChI is InChI=1S/C30H32FN9O2/c1-18-12-26(39-38-18)36-25-13-21-8-11-32-16-24(21)28(37-25)20-6-9-30(42-3,10-7-20)29(41)35-19(2)22-4-5-27(33-14-22)40-17-23(31)15-34-40/h4-5,8,11-17,19-20H,6-7,9-10H2,1-3H3,(H,35,41)(H2,36,37,38,39)/t19-,20?,30?/m0/s1. The van der Waals surface area contributed by atoms with E-state index < -0.39 is 11.4 Å². The van der Waals surface area contributed by atoms with Crippen LogP contribution in [0.3, 0.4) is 0 Å². The Morgan fingerprint density at radius 1 is 1.17 bits per heavy atom. The number of pyridine rings is 3. The molecule has 0 aliphatic heterocycles. The first-order valence-corrected chi connectivity index (χ1v) is 13.9. The molecule has 216 valence electrons. The highest BCUT2D eigenvalue weighted by molar-refractivity contribution is 5.88. The van der Waals surface area contributed by atoms with Crippen LogP contribution in [-0.2, 0) is 9.53 Å². The molecule has 0 unspecified atom stereocenters. The van der Waals surface area contributed by atoms with Crippen LogP contribution in [0.1, 0.15) is 61.5 Å². The van der Waals surface area contributed by atoms with E-state index in [0.717, 1.165) is 46.8 Å². The number of hydrogen-bond acceptors (Lipinski definition) is 8. The van der Waals surface area contributed by atoms with E-state index in [0.29, 0.717) is 30.3 Å². The van der Waals surface area contributed by atoms with E-state index >= 15 is 0 Å². The van der Waals surface area contributed by atoms with Crippen molar-refractivity contribution in [3.05, 3.63) is 84.1 Å². The van der Waals surface area contributed by atoms with E-state index in [2.05, 4.69) is 35.9 Å². The molecule has 1 fully saturated rings. The average Bonchev–Trinajstić information content (AvgIpc) is 3.64. The van der Waals surface area contributed by atoms with Crippen molar-refractivity contribution < 1.29 is 13.9 Å². The van der Waals surface area contributed by atoms with E-state index in [1.165, 1.54) is 10.9 Å². The summed E-state index contributed by atoms with van der Waals surface area (Å²) in [7, 11) is 1.60. The number of fused-ring (bicyclic) bond motifs is 1. The highest BCUT2D eigenvalue weighted by Gasteiger charge is 2.43. The number of aryl methyl sites for hydroxylation is 1. The second-order valence-corrected chi connectivity index (χ2v) is 10.8. The Bertz CT molecular complexity index is 1710. The molecule has 42 heavy (non-hydrogen) atoms. The number of halogens is 1. The lowest BCUT2D eigenvalue weighted by atomic mass is 9.76. The van der Waals surface area contributed by atoms with E-state index in [-0.39, 0.29) is 17.9 Å². The summed E-state index contributed by atoms with van der Waals surface area (Å²) < 4.78 is 20.6. The van der Waals surface area contributed by atoms with E-state index in [1.807, 2.05) is 44.3 Å². The number of methoxy groups -OCH3 is 1. The van der Waals surface area contributed by atoms with Crippen LogP contribution in [0.25, 0.3) is 16.6 Å². The number of amides is 1. The first-order valence-electron chi connectivity index (χ1n) is 13.9. The zero-order chi connectivity index (χ0) is 29.3. The molecule has 1 aliphatic rings. The fourth-order valence-corrected chi connectivity index (χ4v) is 5.61. The molecule has 0 bridgehead atoms. The first kappa shape index (κ1) is 27.5. The molecule has 5 heterocycles. The number of nitrogens with one attached hydrogen (secondary N) is 3. The van der Waals surface area contributed by atoms with Gasteiger partial charge in [0.15, 0.2) is 17.5 Å². The Morgan fingerprint density at radius 3 is 2.67 bits per heavy atom. The van der Waals surface area contributed by atoms with Crippen molar-refractivity contribution in [2.75, 3.05) is 12.4 Å². The molecule has 11 nitrogen and oxygen atoms in total. The number of carbonyl (C=O) groups excluding carboxylic acids is 1. The molecule has 0 aromatic carbocycles. The van der Waals surface area contributed by atoms with Gasteiger partial charge in [0.1, 0.15) is 11.4 Å². The predicted octanol–water partition coefficient (Wildman–Crippen LogP) is 5.04. The largest absolute Gasteiger partial charge is 0.368 e. The third-order valence-electron chi connectivity index (χ3n) is 8.01. The van der Waals surface area contributed by atoms with Crippen LogP contribution in [0.5, 0.6) is 0 Å². The molecule has 12 heteroatoms. The summed E-state index contributed by atoms with van der Waals surface area (Å²) in [5, 5.41) is 19.6. The minimum Gasteiger partial charge on any atom is -0.368 e. The predicted molar refractivity (Wildman–Crippen MR) is 155 cm³/mol. The van der Waals surface area contributed by atoms with Gasteiger partial charge in [-0.05, 0) is 68.7 Å². The van der Waals surface area contributed by atoms with Crippen LogP contribution >= 0.6 is 0 Å². The van der Waals surface area contributed by atoms with Crippen LogP contribution in [-0.4, -0.2) is 53.5 Å². The van der Waals surface area contributed by atoms with Crippen LogP contribution in [0.15, 0.2) is 61.3 Å². The van der Waals surface area contributed by atoms with Crippen LogP contribution < -0.4 is 10.6 Å². The highest BCUT2D eigenvalue weighted by atomic mass is 19.1. The van der Waals surface area contributed by atoms with Crippen molar-refractivity contribution >= 4 is 28.3 Å². The van der Waals surface area contributed by atoms with Crippen LogP contribution in [0.4, 0.5) is 16.0 Å². The van der Waals surface area contributed by atoms with Gasteiger partial charge in [-0.25, -0.2) is 19.0 Å². The minimum atomic E-state index is -0.943. The molecular formula is C30H32FN9O2. The van der Waals surface area contributed by atoms with Crippen molar-refractivity contribution in [2.45, 2.75) is 57.1 Å². The Hall–Kier alpha value is -4.71. The van der Waals surface area contributed by atoms with Gasteiger partial charge in [-0.1, -0.05) is 6.07 Å². The quantitative estimate of drug-likeness (QED) is 0.236. The minimum absolute atomic E-state index is 0.136. The Kier molecular flexibility index (Phi) is 7.38. The number of anilines is 2. The molecule has 0 saturated heterocycles. The van der Waals surface area contributed by atoms with Gasteiger partial charge in [0.2, 0.25) is 0 Å². The summed E-state index contributed by atoms with van der Waals surface area (Å²) in [4.78, 5) is 27.3. The SMILES string of the molecule is COC1(C(=O)N[C@@H](C)c2ccc(-n3cc(F)cn3)nc2)CCC(c2nc(Nc3cc(C)[nH]n3)cc3ccncc23)CC1. The molecule has 0 radical (unpaired) electrons.